The zero-order valence-electron chi connectivity index (χ0n) is 18.9. The Hall–Kier alpha value is -2.95. The lowest BCUT2D eigenvalue weighted by Crippen LogP contribution is -2.16. The van der Waals surface area contributed by atoms with Gasteiger partial charge in [0.15, 0.2) is 0 Å². The zero-order chi connectivity index (χ0) is 21.8. The molecule has 3 heterocycles. The quantitative estimate of drug-likeness (QED) is 0.412. The van der Waals surface area contributed by atoms with Crippen LogP contribution in [0.1, 0.15) is 65.8 Å². The van der Waals surface area contributed by atoms with Crippen molar-refractivity contribution >= 4 is 11.0 Å². The predicted octanol–water partition coefficient (Wildman–Crippen LogP) is 6.67. The molecular weight excluding hydrogens is 372 g/mol. The van der Waals surface area contributed by atoms with Gasteiger partial charge in [0.1, 0.15) is 5.65 Å². The van der Waals surface area contributed by atoms with Crippen molar-refractivity contribution in [1.29, 1.82) is 0 Å². The monoisotopic (exact) mass is 404 g/mol. The van der Waals surface area contributed by atoms with E-state index < -0.39 is 0 Å². The van der Waals surface area contributed by atoms with E-state index in [4.69, 9.17) is 4.52 Å². The number of nitrogens with one attached hydrogen (secondary N) is 1. The van der Waals surface area contributed by atoms with Crippen LogP contribution in [0.3, 0.4) is 0 Å². The summed E-state index contributed by atoms with van der Waals surface area (Å²) in [6.07, 6.45) is 6.02. The molecule has 0 amide bonds. The van der Waals surface area contributed by atoms with Gasteiger partial charge >= 0.3 is 0 Å². The average Bonchev–Trinajstić information content (AvgIpc) is 3.38. The Morgan fingerprint density at radius 1 is 1.00 bits per heavy atom. The molecule has 4 rings (SSSR count). The minimum atomic E-state index is -0.0468. The minimum absolute atomic E-state index is 0.0468. The lowest BCUT2D eigenvalue weighted by Gasteiger charge is -2.18. The van der Waals surface area contributed by atoms with E-state index in [0.717, 1.165) is 29.9 Å². The summed E-state index contributed by atoms with van der Waals surface area (Å²) >= 11 is 0. The van der Waals surface area contributed by atoms with E-state index in [9.17, 15) is 0 Å². The van der Waals surface area contributed by atoms with Crippen LogP contribution < -0.4 is 0 Å². The van der Waals surface area contributed by atoms with E-state index in [-0.39, 0.29) is 10.8 Å². The number of hydrogen-bond donors (Lipinski definition) is 1. The maximum Gasteiger partial charge on any atom is 0.232 e. The molecule has 0 aliphatic rings. The second kappa shape index (κ2) is 8.82. The third-order valence-corrected chi connectivity index (χ3v) is 5.18. The highest BCUT2D eigenvalue weighted by atomic mass is 16.5. The summed E-state index contributed by atoms with van der Waals surface area (Å²) < 4.78 is 5.38. The third kappa shape index (κ3) is 5.15. The topological polar surface area (TPSA) is 67.6 Å². The maximum atomic E-state index is 5.38. The molecule has 0 bridgehead atoms. The number of fused-ring (bicyclic) bond motifs is 1. The second-order valence-electron chi connectivity index (χ2n) is 9.31. The molecule has 158 valence electrons. The number of nitrogens with zero attached hydrogens (tertiary/aromatic N) is 3. The molecule has 0 saturated heterocycles. The van der Waals surface area contributed by atoms with E-state index in [1.807, 2.05) is 42.7 Å². The molecule has 3 aromatic heterocycles. The summed E-state index contributed by atoms with van der Waals surface area (Å²) in [5.41, 5.74) is 3.37. The van der Waals surface area contributed by atoms with Crippen molar-refractivity contribution in [3.8, 4) is 11.4 Å². The SMILES string of the molecule is CC(C)(C)c1cnc2[nH]ccc2c1.CCCC(C)(C)c1nc(-c2ccccc2)no1. The van der Waals surface area contributed by atoms with Crippen molar-refractivity contribution in [2.75, 3.05) is 0 Å². The number of rotatable bonds is 4. The first-order valence-corrected chi connectivity index (χ1v) is 10.5. The van der Waals surface area contributed by atoms with Gasteiger partial charge in [-0.2, -0.15) is 4.98 Å². The maximum absolute atomic E-state index is 5.38. The van der Waals surface area contributed by atoms with Crippen molar-refractivity contribution in [3.63, 3.8) is 0 Å². The molecule has 0 spiro atoms. The fourth-order valence-electron chi connectivity index (χ4n) is 3.28. The van der Waals surface area contributed by atoms with E-state index in [1.54, 1.807) is 0 Å². The van der Waals surface area contributed by atoms with Gasteiger partial charge < -0.3 is 9.51 Å². The summed E-state index contributed by atoms with van der Waals surface area (Å²) in [6, 6.07) is 14.1. The van der Waals surface area contributed by atoms with Gasteiger partial charge in [-0.15, -0.1) is 0 Å². The lowest BCUT2D eigenvalue weighted by atomic mass is 9.88. The van der Waals surface area contributed by atoms with Gasteiger partial charge in [0.05, 0.1) is 0 Å². The minimum Gasteiger partial charge on any atom is -0.346 e. The van der Waals surface area contributed by atoms with Gasteiger partial charge in [0.2, 0.25) is 11.7 Å². The molecule has 0 saturated carbocycles. The van der Waals surface area contributed by atoms with Crippen LogP contribution in [0, 0.1) is 0 Å². The highest BCUT2D eigenvalue weighted by Crippen LogP contribution is 2.28. The van der Waals surface area contributed by atoms with Gasteiger partial charge in [-0.25, -0.2) is 4.98 Å². The molecule has 5 heteroatoms. The summed E-state index contributed by atoms with van der Waals surface area (Å²) in [4.78, 5) is 11.9. The smallest absolute Gasteiger partial charge is 0.232 e. The molecule has 0 fully saturated rings. The van der Waals surface area contributed by atoms with Crippen molar-refractivity contribution in [2.24, 2.45) is 0 Å². The van der Waals surface area contributed by atoms with E-state index in [1.165, 1.54) is 10.9 Å². The summed E-state index contributed by atoms with van der Waals surface area (Å²) in [6.45, 7) is 13.0. The van der Waals surface area contributed by atoms with Gasteiger partial charge in [0.25, 0.3) is 0 Å². The second-order valence-corrected chi connectivity index (χ2v) is 9.31. The highest BCUT2D eigenvalue weighted by molar-refractivity contribution is 5.75. The molecule has 0 aliphatic carbocycles. The van der Waals surface area contributed by atoms with E-state index in [0.29, 0.717) is 5.82 Å². The van der Waals surface area contributed by atoms with Crippen LogP contribution in [0.15, 0.2) is 59.4 Å². The summed E-state index contributed by atoms with van der Waals surface area (Å²) in [5, 5.41) is 5.24. The van der Waals surface area contributed by atoms with Crippen LogP contribution in [-0.2, 0) is 10.8 Å². The molecule has 0 atom stereocenters. The standard InChI is InChI=1S/C14H18N2O.C11H14N2/c1-4-10-14(2,3)13-15-12(16-17-13)11-8-6-5-7-9-11;1-11(2,3)9-6-8-4-5-12-10(8)13-7-9/h5-9H,4,10H2,1-3H3;4-7H,1-3H3,(H,12,13). The lowest BCUT2D eigenvalue weighted by molar-refractivity contribution is 0.294. The van der Waals surface area contributed by atoms with Crippen LogP contribution in [0.25, 0.3) is 22.4 Å². The number of aromatic amines is 1. The molecule has 1 N–H and O–H groups in total. The van der Waals surface area contributed by atoms with Gasteiger partial charge in [-0.05, 0) is 29.5 Å². The normalized spacial score (nSPS) is 11.9. The van der Waals surface area contributed by atoms with Crippen LogP contribution in [0.4, 0.5) is 0 Å². The van der Waals surface area contributed by atoms with Gasteiger partial charge in [-0.1, -0.05) is 83.5 Å². The van der Waals surface area contributed by atoms with Crippen LogP contribution >= 0.6 is 0 Å². The third-order valence-electron chi connectivity index (χ3n) is 5.18. The fourth-order valence-corrected chi connectivity index (χ4v) is 3.28. The Labute approximate surface area is 178 Å². The van der Waals surface area contributed by atoms with Crippen LogP contribution in [0.2, 0.25) is 0 Å². The summed E-state index contributed by atoms with van der Waals surface area (Å²) in [7, 11) is 0. The van der Waals surface area contributed by atoms with Crippen molar-refractivity contribution in [1.82, 2.24) is 20.1 Å². The summed E-state index contributed by atoms with van der Waals surface area (Å²) in [5.74, 6) is 1.39. The molecule has 0 aliphatic heterocycles. The Morgan fingerprint density at radius 2 is 1.73 bits per heavy atom. The Bertz CT molecular complexity index is 1070. The molecule has 1 aromatic carbocycles. The molecule has 5 nitrogen and oxygen atoms in total. The number of hydrogen-bond acceptors (Lipinski definition) is 4. The van der Waals surface area contributed by atoms with E-state index in [2.05, 4.69) is 73.8 Å². The Balaban J connectivity index is 0.000000177. The molecule has 4 aromatic rings. The molecule has 0 radical (unpaired) electrons. The number of H-pyrrole nitrogens is 1. The first-order valence-electron chi connectivity index (χ1n) is 10.5. The Morgan fingerprint density at radius 3 is 2.40 bits per heavy atom. The fraction of sp³-hybridized carbons (Fsp3) is 0.400. The average molecular weight is 405 g/mol. The zero-order valence-corrected chi connectivity index (χ0v) is 18.9. The number of pyridine rings is 1. The van der Waals surface area contributed by atoms with Crippen molar-refractivity contribution in [2.45, 2.75) is 65.2 Å². The molecular formula is C25H32N4O. The van der Waals surface area contributed by atoms with Gasteiger partial charge in [0, 0.05) is 28.8 Å². The predicted molar refractivity (Wildman–Crippen MR) is 122 cm³/mol. The molecule has 30 heavy (non-hydrogen) atoms. The Kier molecular flexibility index (Phi) is 6.40. The van der Waals surface area contributed by atoms with Crippen LogP contribution in [-0.4, -0.2) is 20.1 Å². The first kappa shape index (κ1) is 21.8. The molecule has 0 unspecified atom stereocenters. The first-order chi connectivity index (χ1) is 14.2. The number of aromatic nitrogens is 4. The van der Waals surface area contributed by atoms with Gasteiger partial charge in [-0.3, -0.25) is 0 Å². The van der Waals surface area contributed by atoms with Crippen LogP contribution in [0.5, 0.6) is 0 Å². The highest BCUT2D eigenvalue weighted by Gasteiger charge is 2.26. The largest absolute Gasteiger partial charge is 0.346 e. The van der Waals surface area contributed by atoms with E-state index >= 15 is 0 Å². The van der Waals surface area contributed by atoms with Crippen molar-refractivity contribution in [3.05, 3.63) is 66.3 Å². The van der Waals surface area contributed by atoms with Crippen molar-refractivity contribution < 1.29 is 4.52 Å². The number of benzene rings is 1.